The average molecular weight is 552 g/mol. The van der Waals surface area contributed by atoms with Gasteiger partial charge in [-0.1, -0.05) is 54.6 Å². The Bertz CT molecular complexity index is 1380. The smallest absolute Gasteiger partial charge is 0.335 e. The molecule has 0 saturated carbocycles. The second-order valence-corrected chi connectivity index (χ2v) is 10.2. The van der Waals surface area contributed by atoms with Gasteiger partial charge >= 0.3 is 16.1 Å². The van der Waals surface area contributed by atoms with Gasteiger partial charge in [0.15, 0.2) is 6.10 Å². The highest BCUT2D eigenvalue weighted by Gasteiger charge is 2.20. The van der Waals surface area contributed by atoms with Gasteiger partial charge in [0.2, 0.25) is 0 Å². The van der Waals surface area contributed by atoms with Crippen LogP contribution in [0, 0.1) is 0 Å². The molecule has 0 saturated heterocycles. The van der Waals surface area contributed by atoms with Crippen molar-refractivity contribution in [1.29, 1.82) is 0 Å². The van der Waals surface area contributed by atoms with Gasteiger partial charge in [-0.2, -0.15) is 8.42 Å². The van der Waals surface area contributed by atoms with E-state index in [-0.39, 0.29) is 17.6 Å². The summed E-state index contributed by atoms with van der Waals surface area (Å²) in [7, 11) is -3.57. The first kappa shape index (κ1) is 29.6. The average Bonchev–Trinajstić information content (AvgIpc) is 2.90. The van der Waals surface area contributed by atoms with Crippen molar-refractivity contribution < 1.29 is 31.7 Å². The molecule has 206 valence electrons. The molecule has 3 aromatic rings. The van der Waals surface area contributed by atoms with Crippen LogP contribution in [0.1, 0.15) is 40.9 Å². The Balaban J connectivity index is 1.62. The molecule has 1 amide bonds. The predicted octanol–water partition coefficient (Wildman–Crippen LogP) is 5.04. The zero-order valence-electron chi connectivity index (χ0n) is 22.3. The molecular weight excluding hydrogens is 518 g/mol. The van der Waals surface area contributed by atoms with Crippen LogP contribution >= 0.6 is 0 Å². The SMILES string of the molecule is CCOC(=O)C(Cc1ccc(NC(=O)c2ccccc2CC=Cc2ccc(OS(C)(=O)=O)cc2)cc1)OCC. The molecule has 8 nitrogen and oxygen atoms in total. The molecule has 0 bridgehead atoms. The number of allylic oxidation sites excluding steroid dienone is 1. The Morgan fingerprint density at radius 1 is 0.923 bits per heavy atom. The second kappa shape index (κ2) is 14.3. The lowest BCUT2D eigenvalue weighted by atomic mass is 10.0. The summed E-state index contributed by atoms with van der Waals surface area (Å²) >= 11 is 0. The normalized spacial score (nSPS) is 12.2. The largest absolute Gasteiger partial charge is 0.464 e. The lowest BCUT2D eigenvalue weighted by Crippen LogP contribution is -2.29. The monoisotopic (exact) mass is 551 g/mol. The third kappa shape index (κ3) is 9.70. The molecule has 0 aromatic heterocycles. The van der Waals surface area contributed by atoms with E-state index >= 15 is 0 Å². The Morgan fingerprint density at radius 2 is 1.62 bits per heavy atom. The van der Waals surface area contributed by atoms with Crippen LogP contribution in [0.15, 0.2) is 78.9 Å². The van der Waals surface area contributed by atoms with E-state index in [4.69, 9.17) is 13.7 Å². The molecule has 0 radical (unpaired) electrons. The molecular formula is C30H33NO7S. The van der Waals surface area contributed by atoms with Gasteiger partial charge in [0, 0.05) is 24.3 Å². The van der Waals surface area contributed by atoms with Gasteiger partial charge in [-0.05, 0) is 67.3 Å². The van der Waals surface area contributed by atoms with Crippen LogP contribution in [0.2, 0.25) is 0 Å². The molecule has 1 atom stereocenters. The maximum absolute atomic E-state index is 13.0. The first-order valence-electron chi connectivity index (χ1n) is 12.6. The minimum atomic E-state index is -3.57. The molecule has 9 heteroatoms. The molecule has 0 aliphatic carbocycles. The molecule has 1 N–H and O–H groups in total. The molecule has 39 heavy (non-hydrogen) atoms. The van der Waals surface area contributed by atoms with Crippen molar-refractivity contribution in [2.45, 2.75) is 32.8 Å². The number of nitrogens with one attached hydrogen (secondary N) is 1. The van der Waals surface area contributed by atoms with Crippen molar-refractivity contribution in [2.24, 2.45) is 0 Å². The summed E-state index contributed by atoms with van der Waals surface area (Å²) < 4.78 is 38.0. The van der Waals surface area contributed by atoms with Gasteiger partial charge in [0.25, 0.3) is 5.91 Å². The maximum atomic E-state index is 13.0. The predicted molar refractivity (Wildman–Crippen MR) is 151 cm³/mol. The zero-order chi connectivity index (χ0) is 28.3. The van der Waals surface area contributed by atoms with Crippen LogP contribution in [0.5, 0.6) is 5.75 Å². The third-order valence-corrected chi connectivity index (χ3v) is 6.08. The van der Waals surface area contributed by atoms with Crippen LogP contribution in [0.3, 0.4) is 0 Å². The van der Waals surface area contributed by atoms with Crippen molar-refractivity contribution in [3.63, 3.8) is 0 Å². The molecule has 0 aliphatic rings. The van der Waals surface area contributed by atoms with E-state index in [1.165, 1.54) is 0 Å². The summed E-state index contributed by atoms with van der Waals surface area (Å²) in [5.74, 6) is -0.370. The van der Waals surface area contributed by atoms with E-state index in [1.807, 2.05) is 49.4 Å². The fourth-order valence-corrected chi connectivity index (χ4v) is 4.30. The van der Waals surface area contributed by atoms with Crippen molar-refractivity contribution in [3.8, 4) is 5.75 Å². The minimum Gasteiger partial charge on any atom is -0.464 e. The Kier molecular flexibility index (Phi) is 10.8. The number of ether oxygens (including phenoxy) is 2. The summed E-state index contributed by atoms with van der Waals surface area (Å²) in [5.41, 5.74) is 3.80. The van der Waals surface area contributed by atoms with E-state index in [2.05, 4.69) is 5.32 Å². The van der Waals surface area contributed by atoms with Crippen LogP contribution in [0.4, 0.5) is 5.69 Å². The highest BCUT2D eigenvalue weighted by atomic mass is 32.2. The Morgan fingerprint density at radius 3 is 2.26 bits per heavy atom. The molecule has 0 heterocycles. The van der Waals surface area contributed by atoms with Gasteiger partial charge in [-0.25, -0.2) is 4.79 Å². The number of amides is 1. The highest BCUT2D eigenvalue weighted by molar-refractivity contribution is 7.86. The summed E-state index contributed by atoms with van der Waals surface area (Å²) in [6, 6.07) is 21.3. The Labute approximate surface area is 229 Å². The minimum absolute atomic E-state index is 0.229. The highest BCUT2D eigenvalue weighted by Crippen LogP contribution is 2.18. The molecule has 3 aromatic carbocycles. The van der Waals surface area contributed by atoms with E-state index in [0.29, 0.717) is 37.3 Å². The lowest BCUT2D eigenvalue weighted by molar-refractivity contribution is -0.156. The van der Waals surface area contributed by atoms with Crippen molar-refractivity contribution in [3.05, 3.63) is 101 Å². The number of carbonyl (C=O) groups is 2. The lowest BCUT2D eigenvalue weighted by Gasteiger charge is -2.16. The van der Waals surface area contributed by atoms with Gasteiger partial charge in [0.1, 0.15) is 5.75 Å². The summed E-state index contributed by atoms with van der Waals surface area (Å²) in [6.07, 6.45) is 5.06. The molecule has 0 fully saturated rings. The quantitative estimate of drug-likeness (QED) is 0.234. The molecule has 1 unspecified atom stereocenters. The van der Waals surface area contributed by atoms with E-state index < -0.39 is 16.2 Å². The molecule has 0 spiro atoms. The number of hydrogen-bond acceptors (Lipinski definition) is 7. The van der Waals surface area contributed by atoms with E-state index in [1.54, 1.807) is 49.4 Å². The van der Waals surface area contributed by atoms with Crippen LogP contribution in [-0.4, -0.2) is 45.9 Å². The van der Waals surface area contributed by atoms with Gasteiger partial charge in [-0.3, -0.25) is 4.79 Å². The maximum Gasteiger partial charge on any atom is 0.335 e. The Hall–Kier alpha value is -3.95. The number of carbonyl (C=O) groups excluding carboxylic acids is 2. The number of rotatable bonds is 13. The van der Waals surface area contributed by atoms with Gasteiger partial charge in [-0.15, -0.1) is 0 Å². The number of hydrogen-bond donors (Lipinski definition) is 1. The van der Waals surface area contributed by atoms with Crippen molar-refractivity contribution in [1.82, 2.24) is 0 Å². The molecule has 3 rings (SSSR count). The van der Waals surface area contributed by atoms with Crippen LogP contribution in [-0.2, 0) is 37.2 Å². The van der Waals surface area contributed by atoms with E-state index in [0.717, 1.165) is 22.9 Å². The van der Waals surface area contributed by atoms with Crippen molar-refractivity contribution in [2.75, 3.05) is 24.8 Å². The standard InChI is InChI=1S/C30H33NO7S/c1-4-36-28(30(33)37-5-2)21-23-13-17-25(18-14-23)31-29(32)27-12-7-6-10-24(27)11-8-9-22-15-19-26(20-16-22)38-39(3,34)35/h6-10,12-20,28H,4-5,11,21H2,1-3H3,(H,31,32). The summed E-state index contributed by atoms with van der Waals surface area (Å²) in [6.45, 7) is 4.28. The number of esters is 1. The third-order valence-electron chi connectivity index (χ3n) is 5.59. The fraction of sp³-hybridized carbons (Fsp3) is 0.267. The van der Waals surface area contributed by atoms with Gasteiger partial charge < -0.3 is 19.0 Å². The number of benzene rings is 3. The summed E-state index contributed by atoms with van der Waals surface area (Å²) in [4.78, 5) is 25.2. The first-order chi connectivity index (χ1) is 18.7. The second-order valence-electron chi connectivity index (χ2n) is 8.67. The van der Waals surface area contributed by atoms with E-state index in [9.17, 15) is 18.0 Å². The number of anilines is 1. The van der Waals surface area contributed by atoms with Crippen LogP contribution < -0.4 is 9.50 Å². The fourth-order valence-electron chi connectivity index (χ4n) is 3.83. The van der Waals surface area contributed by atoms with Crippen molar-refractivity contribution >= 4 is 33.8 Å². The topological polar surface area (TPSA) is 108 Å². The van der Waals surface area contributed by atoms with Gasteiger partial charge in [0.05, 0.1) is 12.9 Å². The zero-order valence-corrected chi connectivity index (χ0v) is 23.1. The summed E-state index contributed by atoms with van der Waals surface area (Å²) in [5, 5.41) is 2.93. The first-order valence-corrected chi connectivity index (χ1v) is 14.4. The molecule has 0 aliphatic heterocycles. The van der Waals surface area contributed by atoms with Crippen LogP contribution in [0.25, 0.3) is 6.08 Å².